The standard InChI is InChI=1S/C26H28O13/c27-8-16-20(32)21(33)23(35)26(39-16)38-15-6-11(24-22(34)19(31)13(29)9-36-24)18(30)17-12(28)7-14(37-25(15)17)10-4-2-1-3-5-10/h1-7,13,16,19-24,26-27,29-35H,8-9H2/t13-,16+,19-,20+,21-,22+,23+,24-,26+/m0/s1. The number of rotatable bonds is 5. The Bertz CT molecular complexity index is 1370. The number of hydrogen-bond donors (Lipinski definition) is 8. The number of phenolic OH excluding ortho intramolecular Hbond substituents is 1. The van der Waals surface area contributed by atoms with Gasteiger partial charge in [-0.3, -0.25) is 4.79 Å². The Balaban J connectivity index is 1.67. The molecule has 39 heavy (non-hydrogen) atoms. The van der Waals surface area contributed by atoms with Crippen LogP contribution in [0.15, 0.2) is 51.7 Å². The van der Waals surface area contributed by atoms with Crippen molar-refractivity contribution in [2.75, 3.05) is 13.2 Å². The van der Waals surface area contributed by atoms with Crippen molar-refractivity contribution in [3.05, 3.63) is 58.3 Å². The van der Waals surface area contributed by atoms with Gasteiger partial charge in [0.15, 0.2) is 16.8 Å². The molecular weight excluding hydrogens is 520 g/mol. The van der Waals surface area contributed by atoms with Crippen LogP contribution in [0, 0.1) is 0 Å². The summed E-state index contributed by atoms with van der Waals surface area (Å²) in [5, 5.41) is 81.6. The molecule has 5 rings (SSSR count). The van der Waals surface area contributed by atoms with E-state index in [2.05, 4.69) is 0 Å². The van der Waals surface area contributed by atoms with Crippen LogP contribution in [0.2, 0.25) is 0 Å². The van der Waals surface area contributed by atoms with Crippen molar-refractivity contribution in [1.29, 1.82) is 0 Å². The van der Waals surface area contributed by atoms with E-state index in [0.29, 0.717) is 5.56 Å². The zero-order valence-electron chi connectivity index (χ0n) is 20.3. The van der Waals surface area contributed by atoms with Gasteiger partial charge in [-0.05, 0) is 6.07 Å². The summed E-state index contributed by atoms with van der Waals surface area (Å²) in [4.78, 5) is 13.3. The zero-order chi connectivity index (χ0) is 28.0. The zero-order valence-corrected chi connectivity index (χ0v) is 20.3. The lowest BCUT2D eigenvalue weighted by Crippen LogP contribution is -2.60. The smallest absolute Gasteiger partial charge is 0.229 e. The molecule has 9 atom stereocenters. The van der Waals surface area contributed by atoms with Crippen LogP contribution in [-0.2, 0) is 9.47 Å². The van der Waals surface area contributed by atoms with Crippen LogP contribution in [0.5, 0.6) is 11.5 Å². The molecular formula is C26H28O13. The maximum absolute atomic E-state index is 13.3. The second-order valence-corrected chi connectivity index (χ2v) is 9.48. The van der Waals surface area contributed by atoms with Crippen LogP contribution in [0.25, 0.3) is 22.3 Å². The molecule has 2 aliphatic heterocycles. The van der Waals surface area contributed by atoms with E-state index >= 15 is 0 Å². The van der Waals surface area contributed by atoms with E-state index in [-0.39, 0.29) is 28.0 Å². The first-order valence-corrected chi connectivity index (χ1v) is 12.1. The maximum Gasteiger partial charge on any atom is 0.229 e. The number of ether oxygens (including phenoxy) is 3. The van der Waals surface area contributed by atoms with Gasteiger partial charge in [0.05, 0.1) is 13.2 Å². The molecule has 8 N–H and O–H groups in total. The van der Waals surface area contributed by atoms with Crippen molar-refractivity contribution >= 4 is 11.0 Å². The molecule has 0 amide bonds. The Labute approximate surface area is 220 Å². The molecule has 0 saturated carbocycles. The number of benzene rings is 2. The van der Waals surface area contributed by atoms with Crippen LogP contribution < -0.4 is 10.2 Å². The van der Waals surface area contributed by atoms with Gasteiger partial charge in [0.1, 0.15) is 65.7 Å². The summed E-state index contributed by atoms with van der Waals surface area (Å²) >= 11 is 0. The fourth-order valence-corrected chi connectivity index (χ4v) is 4.73. The van der Waals surface area contributed by atoms with Crippen LogP contribution >= 0.6 is 0 Å². The Morgan fingerprint density at radius 2 is 1.62 bits per heavy atom. The minimum Gasteiger partial charge on any atom is -0.507 e. The molecule has 13 heteroatoms. The maximum atomic E-state index is 13.3. The average Bonchev–Trinajstić information content (AvgIpc) is 2.94. The molecule has 0 aliphatic carbocycles. The number of phenols is 1. The molecule has 0 radical (unpaired) electrons. The average molecular weight is 548 g/mol. The van der Waals surface area contributed by atoms with Crippen molar-refractivity contribution in [2.45, 2.75) is 55.1 Å². The van der Waals surface area contributed by atoms with Gasteiger partial charge in [0, 0.05) is 17.2 Å². The van der Waals surface area contributed by atoms with Gasteiger partial charge < -0.3 is 59.5 Å². The van der Waals surface area contributed by atoms with Crippen molar-refractivity contribution in [3.8, 4) is 22.8 Å². The van der Waals surface area contributed by atoms with Gasteiger partial charge in [-0.25, -0.2) is 0 Å². The molecule has 2 saturated heterocycles. The predicted octanol–water partition coefficient (Wildman–Crippen LogP) is -1.50. The van der Waals surface area contributed by atoms with Crippen molar-refractivity contribution in [1.82, 2.24) is 0 Å². The Morgan fingerprint density at radius 1 is 0.897 bits per heavy atom. The highest BCUT2D eigenvalue weighted by Gasteiger charge is 2.46. The summed E-state index contributed by atoms with van der Waals surface area (Å²) in [6.07, 6.45) is -14.4. The van der Waals surface area contributed by atoms with Gasteiger partial charge in [0.25, 0.3) is 0 Å². The quantitative estimate of drug-likeness (QED) is 0.182. The van der Waals surface area contributed by atoms with E-state index in [0.717, 1.165) is 12.1 Å². The Kier molecular flexibility index (Phi) is 7.61. The molecule has 1 aromatic heterocycles. The number of aliphatic hydroxyl groups is 7. The fourth-order valence-electron chi connectivity index (χ4n) is 4.73. The van der Waals surface area contributed by atoms with E-state index in [1.807, 2.05) is 0 Å². The van der Waals surface area contributed by atoms with E-state index in [9.17, 15) is 45.6 Å². The summed E-state index contributed by atoms with van der Waals surface area (Å²) < 4.78 is 22.6. The molecule has 13 nitrogen and oxygen atoms in total. The van der Waals surface area contributed by atoms with Gasteiger partial charge >= 0.3 is 0 Å². The third-order valence-corrected chi connectivity index (χ3v) is 6.93. The van der Waals surface area contributed by atoms with Crippen molar-refractivity contribution in [3.63, 3.8) is 0 Å². The predicted molar refractivity (Wildman–Crippen MR) is 131 cm³/mol. The SMILES string of the molecule is O=c1cc(-c2ccccc2)oc2c(O[C@@H]3O[C@H](CO)[C@@H](O)[C@H](O)[C@H]3O)cc([C@@H]3OC[C@H](O)[C@H](O)[C@H]3O)c(O)c12. The third-order valence-electron chi connectivity index (χ3n) is 6.93. The molecule has 0 spiro atoms. The van der Waals surface area contributed by atoms with Gasteiger partial charge in [0.2, 0.25) is 6.29 Å². The van der Waals surface area contributed by atoms with Gasteiger partial charge in [-0.15, -0.1) is 0 Å². The lowest BCUT2D eigenvalue weighted by molar-refractivity contribution is -0.277. The van der Waals surface area contributed by atoms with E-state index in [1.54, 1.807) is 30.3 Å². The van der Waals surface area contributed by atoms with Crippen LogP contribution in [-0.4, -0.2) is 103 Å². The monoisotopic (exact) mass is 548 g/mol. The minimum absolute atomic E-state index is 0.103. The largest absolute Gasteiger partial charge is 0.507 e. The fraction of sp³-hybridized carbons (Fsp3) is 0.423. The second kappa shape index (κ2) is 10.8. The topological polar surface area (TPSA) is 220 Å². The van der Waals surface area contributed by atoms with Crippen LogP contribution in [0.3, 0.4) is 0 Å². The minimum atomic E-state index is -1.81. The molecule has 2 aromatic carbocycles. The lowest BCUT2D eigenvalue weighted by atomic mass is 9.92. The van der Waals surface area contributed by atoms with E-state index < -0.39 is 79.5 Å². The summed E-state index contributed by atoms with van der Waals surface area (Å²) in [6.45, 7) is -1.12. The van der Waals surface area contributed by atoms with Crippen molar-refractivity contribution in [2.24, 2.45) is 0 Å². The first kappa shape index (κ1) is 27.5. The third kappa shape index (κ3) is 4.89. The number of fused-ring (bicyclic) bond motifs is 1. The van der Waals surface area contributed by atoms with Gasteiger partial charge in [-0.2, -0.15) is 0 Å². The summed E-state index contributed by atoms with van der Waals surface area (Å²) in [5.74, 6) is -0.841. The Hall–Kier alpha value is -3.11. The second-order valence-electron chi connectivity index (χ2n) is 9.48. The number of hydrogen-bond acceptors (Lipinski definition) is 13. The number of aromatic hydroxyl groups is 1. The highest BCUT2D eigenvalue weighted by Crippen LogP contribution is 2.43. The Morgan fingerprint density at radius 3 is 2.31 bits per heavy atom. The first-order chi connectivity index (χ1) is 18.6. The molecule has 0 bridgehead atoms. The summed E-state index contributed by atoms with van der Waals surface area (Å²) in [5.41, 5.74) is -0.688. The molecule has 2 aliphatic rings. The molecule has 210 valence electrons. The highest BCUT2D eigenvalue weighted by molar-refractivity contribution is 5.91. The molecule has 2 fully saturated rings. The molecule has 3 heterocycles. The number of aliphatic hydroxyl groups excluding tert-OH is 7. The van der Waals surface area contributed by atoms with Crippen LogP contribution in [0.1, 0.15) is 11.7 Å². The normalized spacial score (nSPS) is 33.3. The van der Waals surface area contributed by atoms with Crippen LogP contribution in [0.4, 0.5) is 0 Å². The lowest BCUT2D eigenvalue weighted by Gasteiger charge is -2.39. The van der Waals surface area contributed by atoms with Crippen molar-refractivity contribution < 1.29 is 59.5 Å². The highest BCUT2D eigenvalue weighted by atomic mass is 16.7. The molecule has 0 unspecified atom stereocenters. The van der Waals surface area contributed by atoms with Gasteiger partial charge in [-0.1, -0.05) is 30.3 Å². The van der Waals surface area contributed by atoms with E-state index in [4.69, 9.17) is 18.6 Å². The first-order valence-electron chi connectivity index (χ1n) is 12.1. The van der Waals surface area contributed by atoms with E-state index in [1.165, 1.54) is 0 Å². The summed E-state index contributed by atoms with van der Waals surface area (Å²) in [6, 6.07) is 10.8. The summed E-state index contributed by atoms with van der Waals surface area (Å²) in [7, 11) is 0. The molecule has 3 aromatic rings.